The molecule has 19 heavy (non-hydrogen) atoms. The highest BCUT2D eigenvalue weighted by Gasteiger charge is 2.02. The summed E-state index contributed by atoms with van der Waals surface area (Å²) in [6.45, 7) is 2.50. The minimum atomic E-state index is -1.07. The lowest BCUT2D eigenvalue weighted by Gasteiger charge is -2.09. The molecule has 0 saturated carbocycles. The Bertz CT molecular complexity index is 434. The number of amides is 2. The fraction of sp³-hybridized carbons (Fsp3) is 0.385. The Kier molecular flexibility index (Phi) is 6.21. The van der Waals surface area contributed by atoms with Gasteiger partial charge in [0.1, 0.15) is 12.3 Å². The predicted octanol–water partition coefficient (Wildman–Crippen LogP) is 1.15. The van der Waals surface area contributed by atoms with E-state index in [-0.39, 0.29) is 6.54 Å². The molecular formula is C13H18N2O4. The molecule has 0 saturated heterocycles. The van der Waals surface area contributed by atoms with Crippen molar-refractivity contribution in [3.05, 3.63) is 29.8 Å². The Balaban J connectivity index is 2.10. The van der Waals surface area contributed by atoms with Crippen molar-refractivity contribution in [1.29, 1.82) is 0 Å². The number of nitrogens with one attached hydrogen (secondary N) is 2. The Morgan fingerprint density at radius 3 is 2.68 bits per heavy atom. The van der Waals surface area contributed by atoms with Crippen LogP contribution in [-0.4, -0.2) is 36.8 Å². The number of para-hydroxylation sites is 1. The van der Waals surface area contributed by atoms with Gasteiger partial charge < -0.3 is 20.5 Å². The van der Waals surface area contributed by atoms with Crippen molar-refractivity contribution < 1.29 is 19.4 Å². The quantitative estimate of drug-likeness (QED) is 0.646. The highest BCUT2D eigenvalue weighted by Crippen LogP contribution is 2.15. The minimum absolute atomic E-state index is 0.383. The summed E-state index contributed by atoms with van der Waals surface area (Å²) in [5.74, 6) is -0.240. The van der Waals surface area contributed by atoms with Gasteiger partial charge in [0.25, 0.3) is 0 Å². The third-order valence-electron chi connectivity index (χ3n) is 2.36. The largest absolute Gasteiger partial charge is 0.493 e. The van der Waals surface area contributed by atoms with Crippen molar-refractivity contribution >= 4 is 12.0 Å². The van der Waals surface area contributed by atoms with Crippen molar-refractivity contribution in [2.24, 2.45) is 0 Å². The SMILES string of the molecule is Cc1ccccc1OCCCNC(=O)NCC(=O)O. The van der Waals surface area contributed by atoms with Crippen molar-refractivity contribution in [1.82, 2.24) is 10.6 Å². The Hall–Kier alpha value is -2.24. The van der Waals surface area contributed by atoms with E-state index in [4.69, 9.17) is 9.84 Å². The van der Waals surface area contributed by atoms with Crippen LogP contribution in [0.4, 0.5) is 4.79 Å². The molecule has 0 bridgehead atoms. The van der Waals surface area contributed by atoms with Crippen LogP contribution in [0, 0.1) is 6.92 Å². The molecule has 6 heteroatoms. The van der Waals surface area contributed by atoms with Crippen LogP contribution in [0.2, 0.25) is 0 Å². The standard InChI is InChI=1S/C13H18N2O4/c1-10-5-2-3-6-11(10)19-8-4-7-14-13(18)15-9-12(16)17/h2-3,5-6H,4,7-9H2,1H3,(H,16,17)(H2,14,15,18). The minimum Gasteiger partial charge on any atom is -0.493 e. The third kappa shape index (κ3) is 6.30. The number of rotatable bonds is 7. The van der Waals surface area contributed by atoms with Gasteiger partial charge in [-0.05, 0) is 25.0 Å². The number of carboxylic acids is 1. The second-order valence-electron chi connectivity index (χ2n) is 3.97. The lowest BCUT2D eigenvalue weighted by Crippen LogP contribution is -2.39. The van der Waals surface area contributed by atoms with Gasteiger partial charge >= 0.3 is 12.0 Å². The summed E-state index contributed by atoms with van der Waals surface area (Å²) < 4.78 is 5.55. The zero-order valence-electron chi connectivity index (χ0n) is 10.8. The molecule has 1 aromatic rings. The molecule has 0 atom stereocenters. The molecule has 0 heterocycles. The Morgan fingerprint density at radius 1 is 1.26 bits per heavy atom. The molecule has 0 unspecified atom stereocenters. The average molecular weight is 266 g/mol. The molecule has 0 aliphatic rings. The van der Waals surface area contributed by atoms with Crippen LogP contribution in [0.5, 0.6) is 5.75 Å². The van der Waals surface area contributed by atoms with E-state index in [1.807, 2.05) is 31.2 Å². The highest BCUT2D eigenvalue weighted by atomic mass is 16.5. The molecule has 3 N–H and O–H groups in total. The molecule has 0 radical (unpaired) electrons. The number of aryl methyl sites for hydroxylation is 1. The second kappa shape index (κ2) is 7.97. The topological polar surface area (TPSA) is 87.7 Å². The van der Waals surface area contributed by atoms with Crippen molar-refractivity contribution in [3.8, 4) is 5.75 Å². The summed E-state index contributed by atoms with van der Waals surface area (Å²) in [7, 11) is 0. The van der Waals surface area contributed by atoms with E-state index in [1.54, 1.807) is 0 Å². The molecule has 1 aromatic carbocycles. The molecule has 0 aliphatic carbocycles. The van der Waals surface area contributed by atoms with Crippen LogP contribution in [0.25, 0.3) is 0 Å². The van der Waals surface area contributed by atoms with Crippen LogP contribution < -0.4 is 15.4 Å². The van der Waals surface area contributed by atoms with Crippen LogP contribution >= 0.6 is 0 Å². The normalized spacial score (nSPS) is 9.74. The highest BCUT2D eigenvalue weighted by molar-refractivity contribution is 5.79. The van der Waals surface area contributed by atoms with Crippen molar-refractivity contribution in [2.75, 3.05) is 19.7 Å². The van der Waals surface area contributed by atoms with Gasteiger partial charge in [0, 0.05) is 6.54 Å². The van der Waals surface area contributed by atoms with E-state index in [1.165, 1.54) is 0 Å². The number of ether oxygens (including phenoxy) is 1. The van der Waals surface area contributed by atoms with Crippen LogP contribution in [-0.2, 0) is 4.79 Å². The zero-order chi connectivity index (χ0) is 14.1. The molecule has 2 amide bonds. The Labute approximate surface area is 111 Å². The smallest absolute Gasteiger partial charge is 0.323 e. The van der Waals surface area contributed by atoms with Crippen LogP contribution in [0.15, 0.2) is 24.3 Å². The lowest BCUT2D eigenvalue weighted by atomic mass is 10.2. The van der Waals surface area contributed by atoms with Gasteiger partial charge in [0.15, 0.2) is 0 Å². The first-order valence-electron chi connectivity index (χ1n) is 6.01. The van der Waals surface area contributed by atoms with Crippen molar-refractivity contribution in [2.45, 2.75) is 13.3 Å². The van der Waals surface area contributed by atoms with Gasteiger partial charge in [-0.25, -0.2) is 4.79 Å². The molecule has 104 valence electrons. The number of benzene rings is 1. The maximum atomic E-state index is 11.1. The number of hydrogen-bond donors (Lipinski definition) is 3. The van der Waals surface area contributed by atoms with Gasteiger partial charge in [-0.15, -0.1) is 0 Å². The molecule has 0 fully saturated rings. The molecular weight excluding hydrogens is 248 g/mol. The summed E-state index contributed by atoms with van der Waals surface area (Å²) in [5, 5.41) is 13.1. The first-order valence-corrected chi connectivity index (χ1v) is 6.01. The van der Waals surface area contributed by atoms with Crippen LogP contribution in [0.1, 0.15) is 12.0 Å². The first kappa shape index (κ1) is 14.8. The lowest BCUT2D eigenvalue weighted by molar-refractivity contribution is -0.135. The average Bonchev–Trinajstić information content (AvgIpc) is 2.38. The van der Waals surface area contributed by atoms with E-state index in [2.05, 4.69) is 10.6 Å². The predicted molar refractivity (Wildman–Crippen MR) is 70.3 cm³/mol. The van der Waals surface area contributed by atoms with Crippen molar-refractivity contribution in [3.63, 3.8) is 0 Å². The Morgan fingerprint density at radius 2 is 2.00 bits per heavy atom. The van der Waals surface area contributed by atoms with E-state index in [0.717, 1.165) is 11.3 Å². The number of aliphatic carboxylic acids is 1. The number of carbonyl (C=O) groups is 2. The maximum absolute atomic E-state index is 11.1. The van der Waals surface area contributed by atoms with Gasteiger partial charge in [0.2, 0.25) is 0 Å². The summed E-state index contributed by atoms with van der Waals surface area (Å²) in [6.07, 6.45) is 0.648. The number of hydrogen-bond acceptors (Lipinski definition) is 3. The molecule has 0 aliphatic heterocycles. The van der Waals surface area contributed by atoms with E-state index in [0.29, 0.717) is 19.6 Å². The summed E-state index contributed by atoms with van der Waals surface area (Å²) in [4.78, 5) is 21.3. The monoisotopic (exact) mass is 266 g/mol. The van der Waals surface area contributed by atoms with Gasteiger partial charge in [-0.1, -0.05) is 18.2 Å². The van der Waals surface area contributed by atoms with Gasteiger partial charge in [0.05, 0.1) is 6.61 Å². The van der Waals surface area contributed by atoms with E-state index < -0.39 is 12.0 Å². The molecule has 6 nitrogen and oxygen atoms in total. The fourth-order valence-corrected chi connectivity index (χ4v) is 1.39. The molecule has 0 spiro atoms. The van der Waals surface area contributed by atoms with Crippen LogP contribution in [0.3, 0.4) is 0 Å². The molecule has 0 aromatic heterocycles. The summed E-state index contributed by atoms with van der Waals surface area (Å²) in [5.41, 5.74) is 1.06. The zero-order valence-corrected chi connectivity index (χ0v) is 10.8. The summed E-state index contributed by atoms with van der Waals surface area (Å²) >= 11 is 0. The summed E-state index contributed by atoms with van der Waals surface area (Å²) in [6, 6.07) is 7.21. The number of carboxylic acid groups (broad SMARTS) is 1. The number of urea groups is 1. The fourth-order valence-electron chi connectivity index (χ4n) is 1.39. The molecule has 1 rings (SSSR count). The van der Waals surface area contributed by atoms with Gasteiger partial charge in [-0.3, -0.25) is 4.79 Å². The third-order valence-corrected chi connectivity index (χ3v) is 2.36. The second-order valence-corrected chi connectivity index (χ2v) is 3.97. The maximum Gasteiger partial charge on any atom is 0.323 e. The van der Waals surface area contributed by atoms with E-state index in [9.17, 15) is 9.59 Å². The first-order chi connectivity index (χ1) is 9.09. The van der Waals surface area contributed by atoms with Gasteiger partial charge in [-0.2, -0.15) is 0 Å². The van der Waals surface area contributed by atoms with E-state index >= 15 is 0 Å². The number of carbonyl (C=O) groups excluding carboxylic acids is 1.